The lowest BCUT2D eigenvalue weighted by Crippen LogP contribution is -1.90. The van der Waals surface area contributed by atoms with Gasteiger partial charge >= 0.3 is 0 Å². The number of hydrogen-bond acceptors (Lipinski definition) is 1. The number of benzene rings is 2. The van der Waals surface area contributed by atoms with Crippen LogP contribution >= 0.6 is 43.5 Å². The maximum atomic E-state index is 13.6. The lowest BCUT2D eigenvalue weighted by atomic mass is 10.2. The van der Waals surface area contributed by atoms with Crippen LogP contribution in [0.25, 0.3) is 0 Å². The van der Waals surface area contributed by atoms with E-state index in [1.807, 2.05) is 12.1 Å². The van der Waals surface area contributed by atoms with Crippen LogP contribution in [0, 0.1) is 5.82 Å². The van der Waals surface area contributed by atoms with E-state index < -0.39 is 5.82 Å². The molecule has 0 amide bonds. The molecule has 0 heterocycles. The third kappa shape index (κ3) is 3.25. The first kappa shape index (κ1) is 13.8. The van der Waals surface area contributed by atoms with Crippen LogP contribution in [-0.2, 0) is 5.88 Å². The topological polar surface area (TPSA) is 9.23 Å². The maximum Gasteiger partial charge on any atom is 0.166 e. The fourth-order valence-electron chi connectivity index (χ4n) is 1.39. The van der Waals surface area contributed by atoms with Gasteiger partial charge in [0.25, 0.3) is 0 Å². The van der Waals surface area contributed by atoms with Gasteiger partial charge in [0.15, 0.2) is 11.6 Å². The van der Waals surface area contributed by atoms with Crippen LogP contribution in [0.15, 0.2) is 45.3 Å². The molecule has 5 heteroatoms. The molecule has 0 spiro atoms. The Labute approximate surface area is 126 Å². The van der Waals surface area contributed by atoms with E-state index in [1.54, 1.807) is 18.2 Å². The fourth-order valence-corrected chi connectivity index (χ4v) is 2.39. The third-order valence-corrected chi connectivity index (χ3v) is 3.69. The molecule has 0 saturated heterocycles. The summed E-state index contributed by atoms with van der Waals surface area (Å²) in [5.74, 6) is 0.728. The molecular formula is C13H8Br2ClFO. The maximum absolute atomic E-state index is 13.6. The van der Waals surface area contributed by atoms with Gasteiger partial charge in [0.2, 0.25) is 0 Å². The molecule has 0 aliphatic heterocycles. The highest BCUT2D eigenvalue weighted by atomic mass is 79.9. The fraction of sp³-hybridized carbons (Fsp3) is 0.0769. The Morgan fingerprint density at radius 2 is 1.78 bits per heavy atom. The zero-order valence-corrected chi connectivity index (χ0v) is 13.0. The van der Waals surface area contributed by atoms with E-state index in [-0.39, 0.29) is 5.75 Å². The van der Waals surface area contributed by atoms with Gasteiger partial charge in [-0.2, -0.15) is 0 Å². The van der Waals surface area contributed by atoms with E-state index in [0.717, 1.165) is 10.0 Å². The second kappa shape index (κ2) is 6.04. The molecule has 0 aliphatic carbocycles. The molecule has 0 fully saturated rings. The van der Waals surface area contributed by atoms with Crippen molar-refractivity contribution >= 4 is 43.5 Å². The molecule has 0 N–H and O–H groups in total. The molecule has 0 saturated carbocycles. The first-order valence-electron chi connectivity index (χ1n) is 5.07. The zero-order valence-electron chi connectivity index (χ0n) is 9.09. The van der Waals surface area contributed by atoms with Crippen LogP contribution in [0.3, 0.4) is 0 Å². The summed E-state index contributed by atoms with van der Waals surface area (Å²) in [5.41, 5.74) is 0.965. The van der Waals surface area contributed by atoms with E-state index in [9.17, 15) is 4.39 Å². The molecule has 18 heavy (non-hydrogen) atoms. The van der Waals surface area contributed by atoms with Gasteiger partial charge < -0.3 is 4.74 Å². The van der Waals surface area contributed by atoms with Gasteiger partial charge in [0.1, 0.15) is 5.75 Å². The quantitative estimate of drug-likeness (QED) is 0.591. The number of hydrogen-bond donors (Lipinski definition) is 0. The highest BCUT2D eigenvalue weighted by molar-refractivity contribution is 9.10. The highest BCUT2D eigenvalue weighted by Gasteiger charge is 2.08. The van der Waals surface area contributed by atoms with Crippen molar-refractivity contribution in [2.75, 3.05) is 0 Å². The van der Waals surface area contributed by atoms with Crippen molar-refractivity contribution in [3.05, 3.63) is 56.7 Å². The van der Waals surface area contributed by atoms with Crippen molar-refractivity contribution in [1.82, 2.24) is 0 Å². The molecule has 2 aromatic carbocycles. The largest absolute Gasteiger partial charge is 0.453 e. The van der Waals surface area contributed by atoms with Crippen molar-refractivity contribution in [2.45, 2.75) is 5.88 Å². The normalized spacial score (nSPS) is 10.4. The van der Waals surface area contributed by atoms with Gasteiger partial charge in [-0.25, -0.2) is 4.39 Å². The summed E-state index contributed by atoms with van der Waals surface area (Å²) in [7, 11) is 0. The molecule has 94 valence electrons. The standard InChI is InChI=1S/C13H8Br2ClFO/c14-9-2-4-13(11(17)6-9)18-12-3-1-8(7-16)5-10(12)15/h1-6H,7H2. The molecule has 0 aliphatic rings. The smallest absolute Gasteiger partial charge is 0.166 e. The van der Waals surface area contributed by atoms with Crippen molar-refractivity contribution in [1.29, 1.82) is 0 Å². The molecule has 0 atom stereocenters. The number of halogens is 4. The Morgan fingerprint density at radius 1 is 1.06 bits per heavy atom. The lowest BCUT2D eigenvalue weighted by Gasteiger charge is -2.09. The van der Waals surface area contributed by atoms with E-state index in [1.165, 1.54) is 6.07 Å². The predicted octanol–water partition coefficient (Wildman–Crippen LogP) is 5.88. The Kier molecular flexibility index (Phi) is 4.65. The third-order valence-electron chi connectivity index (χ3n) is 2.26. The molecule has 0 unspecified atom stereocenters. The van der Waals surface area contributed by atoms with Gasteiger partial charge in [-0.3, -0.25) is 0 Å². The summed E-state index contributed by atoms with van der Waals surface area (Å²) < 4.78 is 20.5. The first-order chi connectivity index (χ1) is 8.60. The van der Waals surface area contributed by atoms with Gasteiger partial charge in [0, 0.05) is 10.4 Å². The number of alkyl halides is 1. The molecule has 0 bridgehead atoms. The van der Waals surface area contributed by atoms with Gasteiger partial charge in [0.05, 0.1) is 4.47 Å². The molecule has 1 nitrogen and oxygen atoms in total. The number of ether oxygens (including phenoxy) is 1. The lowest BCUT2D eigenvalue weighted by molar-refractivity contribution is 0.439. The van der Waals surface area contributed by atoms with Crippen molar-refractivity contribution in [2.24, 2.45) is 0 Å². The van der Waals surface area contributed by atoms with E-state index in [0.29, 0.717) is 16.1 Å². The summed E-state index contributed by atoms with van der Waals surface area (Å²) in [6, 6.07) is 10.1. The number of rotatable bonds is 3. The second-order valence-electron chi connectivity index (χ2n) is 3.58. The summed E-state index contributed by atoms with van der Waals surface area (Å²) in [5, 5.41) is 0. The Balaban J connectivity index is 2.28. The molecule has 2 aromatic rings. The van der Waals surface area contributed by atoms with E-state index >= 15 is 0 Å². The minimum Gasteiger partial charge on any atom is -0.453 e. The summed E-state index contributed by atoms with van der Waals surface area (Å²) in [6.45, 7) is 0. The van der Waals surface area contributed by atoms with Gasteiger partial charge in [-0.05, 0) is 51.8 Å². The second-order valence-corrected chi connectivity index (χ2v) is 5.61. The molecular weight excluding hydrogens is 386 g/mol. The van der Waals surface area contributed by atoms with E-state index in [4.69, 9.17) is 16.3 Å². The van der Waals surface area contributed by atoms with Crippen LogP contribution < -0.4 is 4.74 Å². The predicted molar refractivity (Wildman–Crippen MR) is 77.9 cm³/mol. The Morgan fingerprint density at radius 3 is 2.39 bits per heavy atom. The van der Waals surface area contributed by atoms with Crippen molar-refractivity contribution in [3.63, 3.8) is 0 Å². The van der Waals surface area contributed by atoms with Crippen LogP contribution in [0.2, 0.25) is 0 Å². The van der Waals surface area contributed by atoms with Crippen molar-refractivity contribution in [3.8, 4) is 11.5 Å². The molecule has 0 aromatic heterocycles. The Bertz CT molecular complexity index is 575. The Hall–Kier alpha value is -0.580. The monoisotopic (exact) mass is 392 g/mol. The van der Waals surface area contributed by atoms with Crippen LogP contribution in [0.5, 0.6) is 11.5 Å². The van der Waals surface area contributed by atoms with Crippen molar-refractivity contribution < 1.29 is 9.13 Å². The zero-order chi connectivity index (χ0) is 13.1. The van der Waals surface area contributed by atoms with Gasteiger partial charge in [-0.15, -0.1) is 11.6 Å². The summed E-state index contributed by atoms with van der Waals surface area (Å²) in [4.78, 5) is 0. The molecule has 0 radical (unpaired) electrons. The summed E-state index contributed by atoms with van der Waals surface area (Å²) >= 11 is 12.3. The SMILES string of the molecule is Fc1cc(Br)ccc1Oc1ccc(CCl)cc1Br. The van der Waals surface area contributed by atoms with Crippen LogP contribution in [0.1, 0.15) is 5.56 Å². The molecule has 2 rings (SSSR count). The average molecular weight is 394 g/mol. The van der Waals surface area contributed by atoms with Gasteiger partial charge in [-0.1, -0.05) is 22.0 Å². The summed E-state index contributed by atoms with van der Waals surface area (Å²) in [6.07, 6.45) is 0. The van der Waals surface area contributed by atoms with E-state index in [2.05, 4.69) is 31.9 Å². The average Bonchev–Trinajstić information content (AvgIpc) is 2.34. The minimum absolute atomic E-state index is 0.178. The highest BCUT2D eigenvalue weighted by Crippen LogP contribution is 2.32. The first-order valence-corrected chi connectivity index (χ1v) is 7.19. The van der Waals surface area contributed by atoms with Crippen LogP contribution in [-0.4, -0.2) is 0 Å². The van der Waals surface area contributed by atoms with Crippen LogP contribution in [0.4, 0.5) is 4.39 Å². The minimum atomic E-state index is -0.419.